The molecule has 0 aliphatic carbocycles. The van der Waals surface area contributed by atoms with Crippen LogP contribution in [0.15, 0.2) is 5.34 Å². The second-order valence-corrected chi connectivity index (χ2v) is 1.70. The van der Waals surface area contributed by atoms with Crippen molar-refractivity contribution >= 4 is 17.9 Å². The monoisotopic (exact) mass is 209 g/mol. The molecule has 8 nitrogen and oxygen atoms in total. The van der Waals surface area contributed by atoms with Crippen molar-refractivity contribution in [3.05, 3.63) is 4.91 Å². The summed E-state index contributed by atoms with van der Waals surface area (Å²) < 4.78 is 0. The Kier molecular flexibility index (Phi) is 17.4. The summed E-state index contributed by atoms with van der Waals surface area (Å²) in [4.78, 5) is 39.9. The van der Waals surface area contributed by atoms with Crippen LogP contribution >= 0.6 is 0 Å². The van der Waals surface area contributed by atoms with Gasteiger partial charge in [-0.05, 0) is 0 Å². The highest BCUT2D eigenvalue weighted by Crippen LogP contribution is 1.70. The molecule has 0 radical (unpaired) electrons. The van der Waals surface area contributed by atoms with E-state index in [1.807, 2.05) is 5.34 Å². The molecule has 8 heteroatoms. The Hall–Kier alpha value is -1.99. The number of carboxylic acid groups (broad SMARTS) is 2. The molecule has 14 heavy (non-hydrogen) atoms. The van der Waals surface area contributed by atoms with Crippen molar-refractivity contribution in [1.29, 1.82) is 0 Å². The molecule has 0 atom stereocenters. The number of rotatable bonds is 1. The molecular formula is C6H11NO7. The van der Waals surface area contributed by atoms with Crippen molar-refractivity contribution in [2.75, 3.05) is 0 Å². The SMILES string of the molecule is CC(=O)O.CC(=O)O.CC(=O)ON=O. The third-order valence-electron chi connectivity index (χ3n) is 0.166. The van der Waals surface area contributed by atoms with Crippen molar-refractivity contribution in [2.24, 2.45) is 5.34 Å². The number of aliphatic carboxylic acids is 2. The fourth-order valence-corrected chi connectivity index (χ4v) is 0.0525. The molecular weight excluding hydrogens is 198 g/mol. The summed E-state index contributed by atoms with van der Waals surface area (Å²) in [5.74, 6) is -2.36. The Bertz CT molecular complexity index is 180. The first-order chi connectivity index (χ1) is 6.23. The van der Waals surface area contributed by atoms with Crippen LogP contribution in [0.5, 0.6) is 0 Å². The van der Waals surface area contributed by atoms with Gasteiger partial charge in [-0.3, -0.25) is 14.4 Å². The molecule has 0 unspecified atom stereocenters. The largest absolute Gasteiger partial charge is 0.481 e. The van der Waals surface area contributed by atoms with Crippen LogP contribution in [-0.2, 0) is 19.2 Å². The van der Waals surface area contributed by atoms with E-state index in [9.17, 15) is 4.79 Å². The zero-order valence-electron chi connectivity index (χ0n) is 7.88. The van der Waals surface area contributed by atoms with E-state index in [-0.39, 0.29) is 0 Å². The summed E-state index contributed by atoms with van der Waals surface area (Å²) in [6.07, 6.45) is 0. The molecule has 2 N–H and O–H groups in total. The van der Waals surface area contributed by atoms with Crippen LogP contribution in [0.2, 0.25) is 0 Å². The van der Waals surface area contributed by atoms with Gasteiger partial charge in [0.1, 0.15) is 0 Å². The quantitative estimate of drug-likeness (QED) is 0.472. The van der Waals surface area contributed by atoms with E-state index in [1.54, 1.807) is 0 Å². The fourth-order valence-electron chi connectivity index (χ4n) is 0.0525. The van der Waals surface area contributed by atoms with Gasteiger partial charge in [0, 0.05) is 20.8 Å². The molecule has 0 amide bonds. The molecule has 0 aromatic rings. The maximum absolute atomic E-state index is 9.53. The molecule has 0 spiro atoms. The van der Waals surface area contributed by atoms with E-state index in [1.165, 1.54) is 0 Å². The van der Waals surface area contributed by atoms with Gasteiger partial charge in [0.25, 0.3) is 11.9 Å². The highest BCUT2D eigenvalue weighted by atomic mass is 16.7. The second kappa shape index (κ2) is 13.6. The number of hydrogen-bond donors (Lipinski definition) is 2. The van der Waals surface area contributed by atoms with E-state index in [2.05, 4.69) is 4.84 Å². The minimum Gasteiger partial charge on any atom is -0.481 e. The van der Waals surface area contributed by atoms with Crippen LogP contribution < -0.4 is 0 Å². The molecule has 0 rings (SSSR count). The summed E-state index contributed by atoms with van der Waals surface area (Å²) >= 11 is 0. The first-order valence-corrected chi connectivity index (χ1v) is 3.13. The lowest BCUT2D eigenvalue weighted by molar-refractivity contribution is -0.141. The summed E-state index contributed by atoms with van der Waals surface area (Å²) in [5, 5.41) is 16.7. The van der Waals surface area contributed by atoms with E-state index < -0.39 is 17.9 Å². The number of nitrogens with zero attached hydrogens (tertiary/aromatic N) is 1. The molecule has 82 valence electrons. The predicted octanol–water partition coefficient (Wildman–Crippen LogP) is 0.413. The van der Waals surface area contributed by atoms with Crippen molar-refractivity contribution in [3.63, 3.8) is 0 Å². The minimum absolute atomic E-state index is 0.690. The van der Waals surface area contributed by atoms with Gasteiger partial charge >= 0.3 is 5.97 Å². The van der Waals surface area contributed by atoms with Crippen LogP contribution in [0.25, 0.3) is 0 Å². The molecule has 0 aromatic carbocycles. The third kappa shape index (κ3) is 797. The molecule has 0 bridgehead atoms. The van der Waals surface area contributed by atoms with Crippen molar-refractivity contribution in [2.45, 2.75) is 20.8 Å². The molecule has 0 saturated heterocycles. The predicted molar refractivity (Wildman–Crippen MR) is 44.2 cm³/mol. The van der Waals surface area contributed by atoms with Crippen molar-refractivity contribution in [3.8, 4) is 0 Å². The number of carbonyl (C=O) groups is 3. The Morgan fingerprint density at radius 1 is 1.00 bits per heavy atom. The number of carbonyl (C=O) groups excluding carboxylic acids is 1. The Morgan fingerprint density at radius 2 is 1.21 bits per heavy atom. The normalized spacial score (nSPS) is 6.50. The minimum atomic E-state index is -0.833. The van der Waals surface area contributed by atoms with E-state index >= 15 is 0 Å². The van der Waals surface area contributed by atoms with Gasteiger partial charge in [0.05, 0.1) is 0 Å². The standard InChI is InChI=1S/C2H3NO3.2C2H4O2/c1-2(4)6-3-5;2*1-2(3)4/h1H3;2*1H3,(H,3,4). The Morgan fingerprint density at radius 3 is 1.21 bits per heavy atom. The lowest BCUT2D eigenvalue weighted by Crippen LogP contribution is -1.87. The van der Waals surface area contributed by atoms with Crippen LogP contribution in [0.1, 0.15) is 20.8 Å². The number of hydrogen-bond acceptors (Lipinski definition) is 6. The maximum atomic E-state index is 9.53. The fraction of sp³-hybridized carbons (Fsp3) is 0.500. The molecule has 0 aliphatic heterocycles. The zero-order valence-corrected chi connectivity index (χ0v) is 7.88. The number of carboxylic acids is 2. The lowest BCUT2D eigenvalue weighted by Gasteiger charge is -1.75. The van der Waals surface area contributed by atoms with Gasteiger partial charge in [0.2, 0.25) is 0 Å². The smallest absolute Gasteiger partial charge is 0.335 e. The van der Waals surface area contributed by atoms with E-state index in [4.69, 9.17) is 24.7 Å². The average molecular weight is 209 g/mol. The van der Waals surface area contributed by atoms with Gasteiger partial charge < -0.3 is 10.2 Å². The molecule has 0 heterocycles. The first-order valence-electron chi connectivity index (χ1n) is 3.13. The second-order valence-electron chi connectivity index (χ2n) is 1.70. The average Bonchev–Trinajstić information content (AvgIpc) is 1.82. The Balaban J connectivity index is -0.000000135. The van der Waals surface area contributed by atoms with E-state index in [0.29, 0.717) is 0 Å². The van der Waals surface area contributed by atoms with Crippen LogP contribution in [0.4, 0.5) is 0 Å². The van der Waals surface area contributed by atoms with Crippen LogP contribution in [0.3, 0.4) is 0 Å². The third-order valence-corrected chi connectivity index (χ3v) is 0.166. The van der Waals surface area contributed by atoms with Gasteiger partial charge in [-0.2, -0.15) is 0 Å². The van der Waals surface area contributed by atoms with Crippen molar-refractivity contribution < 1.29 is 29.4 Å². The molecule has 0 saturated carbocycles. The molecule has 0 aromatic heterocycles. The Labute approximate surface area is 79.4 Å². The van der Waals surface area contributed by atoms with E-state index in [0.717, 1.165) is 20.8 Å². The highest BCUT2D eigenvalue weighted by molar-refractivity contribution is 5.65. The van der Waals surface area contributed by atoms with Crippen LogP contribution in [0, 0.1) is 4.91 Å². The summed E-state index contributed by atoms with van der Waals surface area (Å²) in [6, 6.07) is 0. The van der Waals surface area contributed by atoms with Gasteiger partial charge in [-0.25, -0.2) is 4.79 Å². The van der Waals surface area contributed by atoms with Crippen molar-refractivity contribution in [1.82, 2.24) is 0 Å². The van der Waals surface area contributed by atoms with Crippen LogP contribution in [-0.4, -0.2) is 28.1 Å². The molecule has 0 fully saturated rings. The summed E-state index contributed by atoms with van der Waals surface area (Å²) in [7, 11) is 0. The molecule has 0 aliphatic rings. The maximum Gasteiger partial charge on any atom is 0.335 e. The van der Waals surface area contributed by atoms with Gasteiger partial charge in [0.15, 0.2) is 5.34 Å². The lowest BCUT2D eigenvalue weighted by atomic mass is 10.8. The van der Waals surface area contributed by atoms with Gasteiger partial charge in [-0.1, -0.05) is 0 Å². The van der Waals surface area contributed by atoms with Gasteiger partial charge in [-0.15, -0.1) is 4.91 Å². The topological polar surface area (TPSA) is 130 Å². The highest BCUT2D eigenvalue weighted by Gasteiger charge is 1.84. The zero-order chi connectivity index (χ0) is 12.1. The summed E-state index contributed by atoms with van der Waals surface area (Å²) in [6.45, 7) is 3.27. The first kappa shape index (κ1) is 17.9. The summed E-state index contributed by atoms with van der Waals surface area (Å²) in [5.41, 5.74) is 0.